The van der Waals surface area contributed by atoms with Crippen LogP contribution in [-0.2, 0) is 23.5 Å². The highest BCUT2D eigenvalue weighted by Crippen LogP contribution is 2.46. The highest BCUT2D eigenvalue weighted by molar-refractivity contribution is 6.75. The molecule has 216 valence electrons. The molecule has 0 aromatic heterocycles. The molecule has 0 saturated carbocycles. The number of ether oxygens (including phenoxy) is 3. The van der Waals surface area contributed by atoms with Crippen LogP contribution in [0.4, 0.5) is 5.69 Å². The molecule has 1 aliphatic rings. The molecule has 0 bridgehead atoms. The van der Waals surface area contributed by atoms with Crippen LogP contribution in [0.5, 0.6) is 11.5 Å². The van der Waals surface area contributed by atoms with Crippen molar-refractivity contribution in [1.82, 2.24) is 0 Å². The van der Waals surface area contributed by atoms with Crippen LogP contribution < -0.4 is 14.5 Å². The van der Waals surface area contributed by atoms with Crippen molar-refractivity contribution >= 4 is 34.3 Å². The number of nitrogens with one attached hydrogen (secondary N) is 1. The predicted octanol–water partition coefficient (Wildman–Crippen LogP) is 6.80. The summed E-state index contributed by atoms with van der Waals surface area (Å²) in [6.45, 7) is 24.0. The minimum Gasteiger partial charge on any atom is -0.540 e. The molecule has 1 unspecified atom stereocenters. The number of anilines is 1. The van der Waals surface area contributed by atoms with Gasteiger partial charge in [-0.15, -0.1) is 0 Å². The summed E-state index contributed by atoms with van der Waals surface area (Å²) in [5, 5.41) is 12.9. The minimum atomic E-state index is -2.37. The molecule has 1 saturated heterocycles. The van der Waals surface area contributed by atoms with E-state index in [1.54, 1.807) is 12.1 Å². The molecular weight excluding hydrogens is 532 g/mol. The highest BCUT2D eigenvalue weighted by Gasteiger charge is 2.42. The molecular formula is C28H44N2O7Si2. The standard InChI is InChI=1S/C28H44N2O7Si2/c1-26(2,3)38(10,11)36-22(16-29)18-14-20(30-17-19-24(31)34-28(7,8)35-25(19)32)23(21(15-18)33-9)37-39(12,13)27(4,5)6/h14-15,17,22,30H,1-13H3. The maximum absolute atomic E-state index is 12.5. The molecule has 1 atom stereocenters. The van der Waals surface area contributed by atoms with Crippen LogP contribution in [0.25, 0.3) is 0 Å². The van der Waals surface area contributed by atoms with E-state index in [1.165, 1.54) is 27.2 Å². The second-order valence-electron chi connectivity index (χ2n) is 13.2. The van der Waals surface area contributed by atoms with Gasteiger partial charge in [-0.2, -0.15) is 5.26 Å². The van der Waals surface area contributed by atoms with E-state index in [4.69, 9.17) is 23.1 Å². The smallest absolute Gasteiger partial charge is 0.350 e. The number of hydrogen-bond acceptors (Lipinski definition) is 9. The first-order valence-electron chi connectivity index (χ1n) is 13.0. The summed E-state index contributed by atoms with van der Waals surface area (Å²) in [6, 6.07) is 5.75. The van der Waals surface area contributed by atoms with E-state index in [9.17, 15) is 14.9 Å². The zero-order valence-electron chi connectivity index (χ0n) is 25.6. The summed E-state index contributed by atoms with van der Waals surface area (Å²) in [7, 11) is -3.16. The minimum absolute atomic E-state index is 0.113. The number of methoxy groups -OCH3 is 1. The number of carbonyl (C=O) groups excluding carboxylic acids is 2. The Labute approximate surface area is 235 Å². The van der Waals surface area contributed by atoms with Gasteiger partial charge in [0, 0.05) is 25.6 Å². The van der Waals surface area contributed by atoms with Gasteiger partial charge in [0.1, 0.15) is 0 Å². The average Bonchev–Trinajstić information content (AvgIpc) is 2.75. The first kappa shape index (κ1) is 32.4. The molecule has 1 N–H and O–H groups in total. The van der Waals surface area contributed by atoms with Gasteiger partial charge in [-0.1, -0.05) is 41.5 Å². The van der Waals surface area contributed by atoms with Crippen molar-refractivity contribution in [3.05, 3.63) is 29.5 Å². The monoisotopic (exact) mass is 576 g/mol. The Balaban J connectivity index is 2.68. The second-order valence-corrected chi connectivity index (χ2v) is 22.7. The quantitative estimate of drug-likeness (QED) is 0.154. The van der Waals surface area contributed by atoms with Crippen LogP contribution in [0.1, 0.15) is 67.1 Å². The lowest BCUT2D eigenvalue weighted by Gasteiger charge is -2.38. The maximum atomic E-state index is 12.5. The molecule has 0 spiro atoms. The molecule has 1 aliphatic heterocycles. The first-order chi connectivity index (χ1) is 17.5. The van der Waals surface area contributed by atoms with Crippen molar-refractivity contribution < 1.29 is 32.7 Å². The third-order valence-corrected chi connectivity index (χ3v) is 16.4. The lowest BCUT2D eigenvalue weighted by atomic mass is 10.1. The topological polar surface area (TPSA) is 116 Å². The number of benzene rings is 1. The summed E-state index contributed by atoms with van der Waals surface area (Å²) < 4.78 is 29.2. The summed E-state index contributed by atoms with van der Waals surface area (Å²) in [6.07, 6.45) is 0.355. The molecule has 0 aliphatic carbocycles. The van der Waals surface area contributed by atoms with Crippen LogP contribution in [0, 0.1) is 11.3 Å². The van der Waals surface area contributed by atoms with E-state index in [-0.39, 0.29) is 15.6 Å². The summed E-state index contributed by atoms with van der Waals surface area (Å²) in [5.74, 6) is -2.17. The summed E-state index contributed by atoms with van der Waals surface area (Å²) in [5.41, 5.74) is 0.662. The Kier molecular flexibility index (Phi) is 9.12. The fourth-order valence-electron chi connectivity index (χ4n) is 3.12. The van der Waals surface area contributed by atoms with Gasteiger partial charge in [-0.25, -0.2) is 9.59 Å². The number of rotatable bonds is 8. The highest BCUT2D eigenvalue weighted by atomic mass is 28.4. The summed E-state index contributed by atoms with van der Waals surface area (Å²) in [4.78, 5) is 25.1. The van der Waals surface area contributed by atoms with Crippen molar-refractivity contribution in [3.63, 3.8) is 0 Å². The zero-order valence-corrected chi connectivity index (χ0v) is 27.6. The van der Waals surface area contributed by atoms with E-state index >= 15 is 0 Å². The molecule has 39 heavy (non-hydrogen) atoms. The average molecular weight is 577 g/mol. The molecule has 11 heteroatoms. The third-order valence-electron chi connectivity index (χ3n) is 7.59. The first-order valence-corrected chi connectivity index (χ1v) is 18.8. The van der Waals surface area contributed by atoms with Gasteiger partial charge in [-0.05, 0) is 48.4 Å². The van der Waals surface area contributed by atoms with Crippen molar-refractivity contribution in [1.29, 1.82) is 5.26 Å². The SMILES string of the molecule is COc1cc(C(C#N)O[Si](C)(C)C(C)(C)C)cc(NC=C2C(=O)OC(C)(C)OC2=O)c1O[Si](C)(C)C(C)(C)C. The van der Waals surface area contributed by atoms with Crippen LogP contribution in [-0.4, -0.2) is 41.5 Å². The lowest BCUT2D eigenvalue weighted by Crippen LogP contribution is -2.44. The molecule has 1 aromatic carbocycles. The van der Waals surface area contributed by atoms with E-state index in [0.717, 1.165) is 0 Å². The largest absolute Gasteiger partial charge is 0.540 e. The fourth-order valence-corrected chi connectivity index (χ4v) is 5.27. The maximum Gasteiger partial charge on any atom is 0.350 e. The third kappa shape index (κ3) is 7.44. The van der Waals surface area contributed by atoms with Gasteiger partial charge in [0.05, 0.1) is 18.9 Å². The molecule has 2 rings (SSSR count). The molecule has 0 amide bonds. The number of cyclic esters (lactones) is 2. The zero-order chi connectivity index (χ0) is 30.2. The van der Waals surface area contributed by atoms with E-state index in [0.29, 0.717) is 22.7 Å². The van der Waals surface area contributed by atoms with Gasteiger partial charge >= 0.3 is 11.9 Å². The van der Waals surface area contributed by atoms with Crippen LogP contribution in [0.15, 0.2) is 23.9 Å². The van der Waals surface area contributed by atoms with Crippen LogP contribution in [0.2, 0.25) is 36.3 Å². The van der Waals surface area contributed by atoms with Gasteiger partial charge in [0.2, 0.25) is 0 Å². The lowest BCUT2D eigenvalue weighted by molar-refractivity contribution is -0.222. The van der Waals surface area contributed by atoms with Crippen LogP contribution >= 0.6 is 0 Å². The van der Waals surface area contributed by atoms with Gasteiger partial charge < -0.3 is 28.4 Å². The Bertz CT molecular complexity index is 1160. The van der Waals surface area contributed by atoms with E-state index < -0.39 is 40.5 Å². The van der Waals surface area contributed by atoms with Crippen molar-refractivity contribution in [2.75, 3.05) is 12.4 Å². The van der Waals surface area contributed by atoms with Crippen molar-refractivity contribution in [2.24, 2.45) is 0 Å². The Morgan fingerprint density at radius 3 is 1.92 bits per heavy atom. The number of nitriles is 1. The number of nitrogens with zero attached hydrogens (tertiary/aromatic N) is 1. The number of carbonyl (C=O) groups is 2. The Morgan fingerprint density at radius 2 is 1.49 bits per heavy atom. The summed E-state index contributed by atoms with van der Waals surface area (Å²) >= 11 is 0. The second kappa shape index (κ2) is 11.0. The number of esters is 2. The van der Waals surface area contributed by atoms with E-state index in [2.05, 4.69) is 79.1 Å². The normalized spacial score (nSPS) is 17.0. The molecule has 0 radical (unpaired) electrons. The predicted molar refractivity (Wildman–Crippen MR) is 155 cm³/mol. The van der Waals surface area contributed by atoms with Gasteiger partial charge in [-0.3, -0.25) is 0 Å². The van der Waals surface area contributed by atoms with Crippen molar-refractivity contribution in [2.45, 2.75) is 104 Å². The molecule has 1 aromatic rings. The molecule has 9 nitrogen and oxygen atoms in total. The molecule has 1 fully saturated rings. The van der Waals surface area contributed by atoms with Gasteiger partial charge in [0.25, 0.3) is 14.1 Å². The number of hydrogen-bond donors (Lipinski definition) is 1. The Hall–Kier alpha value is -2.82. The van der Waals surface area contributed by atoms with Crippen molar-refractivity contribution in [3.8, 4) is 17.6 Å². The van der Waals surface area contributed by atoms with Gasteiger partial charge in [0.15, 0.2) is 31.5 Å². The molecule has 1 heterocycles. The van der Waals surface area contributed by atoms with Crippen LogP contribution in [0.3, 0.4) is 0 Å². The Morgan fingerprint density at radius 1 is 0.974 bits per heavy atom. The van der Waals surface area contributed by atoms with E-state index in [1.807, 2.05) is 0 Å². The fraction of sp³-hybridized carbons (Fsp3) is 0.607.